The van der Waals surface area contributed by atoms with Crippen LogP contribution in [0.1, 0.15) is 33.1 Å². The van der Waals surface area contributed by atoms with Crippen molar-refractivity contribution in [3.63, 3.8) is 0 Å². The minimum Gasteiger partial charge on any atom is -0.392 e. The number of hydrogen-bond donors (Lipinski definition) is 1. The van der Waals surface area contributed by atoms with Crippen molar-refractivity contribution in [2.75, 3.05) is 19.7 Å². The highest BCUT2D eigenvalue weighted by atomic mass is 32.1. The molecule has 1 saturated heterocycles. The summed E-state index contributed by atoms with van der Waals surface area (Å²) in [4.78, 5) is 14.5. The monoisotopic (exact) mass is 258 g/mol. The Morgan fingerprint density at radius 1 is 1.53 bits per heavy atom. The Hall–Kier alpha value is -0.680. The van der Waals surface area contributed by atoms with Gasteiger partial charge in [-0.25, -0.2) is 0 Å². The van der Waals surface area contributed by atoms with Crippen molar-refractivity contribution < 1.29 is 9.53 Å². The quantitative estimate of drug-likeness (QED) is 0.730. The molecule has 98 valence electrons. The highest BCUT2D eigenvalue weighted by Crippen LogP contribution is 2.25. The van der Waals surface area contributed by atoms with E-state index in [1.807, 2.05) is 13.8 Å². The van der Waals surface area contributed by atoms with Gasteiger partial charge in [0.05, 0.1) is 23.6 Å². The lowest BCUT2D eigenvalue weighted by Gasteiger charge is -2.26. The minimum atomic E-state index is -0.0131. The second kappa shape index (κ2) is 6.91. The maximum absolute atomic E-state index is 12.4. The van der Waals surface area contributed by atoms with Crippen LogP contribution in [-0.2, 0) is 9.53 Å². The molecule has 0 aliphatic carbocycles. The predicted molar refractivity (Wildman–Crippen MR) is 71.8 cm³/mol. The van der Waals surface area contributed by atoms with Crippen LogP contribution in [0, 0.1) is 5.92 Å². The normalized spacial score (nSPS) is 23.6. The summed E-state index contributed by atoms with van der Waals surface area (Å²) in [6, 6.07) is 0. The predicted octanol–water partition coefficient (Wildman–Crippen LogP) is 1.33. The number of carbonyl (C=O) groups excluding carboxylic acids is 1. The van der Waals surface area contributed by atoms with Crippen LogP contribution in [0.3, 0.4) is 0 Å². The maximum Gasteiger partial charge on any atom is 0.228 e. The van der Waals surface area contributed by atoms with Gasteiger partial charge >= 0.3 is 0 Å². The number of amides is 1. The summed E-state index contributed by atoms with van der Waals surface area (Å²) < 4.78 is 5.56. The van der Waals surface area contributed by atoms with Crippen LogP contribution in [0.4, 0.5) is 0 Å². The molecular formula is C12H22N2O2S. The molecule has 1 fully saturated rings. The van der Waals surface area contributed by atoms with Gasteiger partial charge in [-0.1, -0.05) is 26.1 Å². The Balaban J connectivity index is 2.65. The third-order valence-corrected chi connectivity index (χ3v) is 3.21. The van der Waals surface area contributed by atoms with Gasteiger partial charge in [0, 0.05) is 13.2 Å². The largest absolute Gasteiger partial charge is 0.392 e. The Morgan fingerprint density at radius 3 is 2.76 bits per heavy atom. The van der Waals surface area contributed by atoms with Gasteiger partial charge in [-0.3, -0.25) is 4.79 Å². The molecule has 0 aromatic rings. The van der Waals surface area contributed by atoms with Crippen LogP contribution in [0.5, 0.6) is 0 Å². The number of carbonyl (C=O) groups is 1. The van der Waals surface area contributed by atoms with Crippen molar-refractivity contribution in [2.45, 2.75) is 39.2 Å². The first-order valence-corrected chi connectivity index (χ1v) is 6.69. The molecule has 5 heteroatoms. The molecular weight excluding hydrogens is 236 g/mol. The van der Waals surface area contributed by atoms with Gasteiger partial charge < -0.3 is 15.4 Å². The van der Waals surface area contributed by atoms with Crippen molar-refractivity contribution >= 4 is 23.1 Å². The Labute approximate surface area is 108 Å². The number of nitrogens with zero attached hydrogens (tertiary/aromatic N) is 1. The van der Waals surface area contributed by atoms with Crippen LogP contribution in [0.25, 0.3) is 0 Å². The first kappa shape index (κ1) is 14.4. The molecule has 0 bridgehead atoms. The molecule has 0 radical (unpaired) electrons. The summed E-state index contributed by atoms with van der Waals surface area (Å²) in [7, 11) is 0. The van der Waals surface area contributed by atoms with Crippen LogP contribution in [0.2, 0.25) is 0 Å². The first-order valence-electron chi connectivity index (χ1n) is 6.28. The van der Waals surface area contributed by atoms with Crippen LogP contribution >= 0.6 is 12.2 Å². The number of rotatable bonds is 6. The average molecular weight is 258 g/mol. The summed E-state index contributed by atoms with van der Waals surface area (Å²) in [6.07, 6.45) is 2.67. The zero-order valence-corrected chi connectivity index (χ0v) is 11.5. The van der Waals surface area contributed by atoms with Gasteiger partial charge in [0.25, 0.3) is 0 Å². The molecule has 0 spiro atoms. The zero-order chi connectivity index (χ0) is 12.8. The average Bonchev–Trinajstić information content (AvgIpc) is 2.74. The molecule has 1 aliphatic rings. The molecule has 0 aromatic heterocycles. The first-order chi connectivity index (χ1) is 8.10. The number of nitrogens with two attached hydrogens (primary N) is 1. The van der Waals surface area contributed by atoms with Crippen molar-refractivity contribution in [3.05, 3.63) is 0 Å². The molecule has 4 nitrogen and oxygen atoms in total. The van der Waals surface area contributed by atoms with Crippen molar-refractivity contribution in [3.8, 4) is 0 Å². The van der Waals surface area contributed by atoms with Gasteiger partial charge in [0.15, 0.2) is 0 Å². The minimum absolute atomic E-state index is 0.0131. The number of thiocarbonyl (C=S) groups is 1. The van der Waals surface area contributed by atoms with E-state index in [0.29, 0.717) is 24.7 Å². The van der Waals surface area contributed by atoms with Gasteiger partial charge in [-0.2, -0.15) is 0 Å². The topological polar surface area (TPSA) is 55.6 Å². The van der Waals surface area contributed by atoms with Gasteiger partial charge in [-0.15, -0.1) is 0 Å². The van der Waals surface area contributed by atoms with Crippen LogP contribution in [0.15, 0.2) is 0 Å². The van der Waals surface area contributed by atoms with Gasteiger partial charge in [0.1, 0.15) is 0 Å². The summed E-state index contributed by atoms with van der Waals surface area (Å²) in [5, 5.41) is 0. The lowest BCUT2D eigenvalue weighted by atomic mass is 9.98. The number of hydrogen-bond acceptors (Lipinski definition) is 3. The van der Waals surface area contributed by atoms with Crippen molar-refractivity contribution in [1.82, 2.24) is 4.90 Å². The lowest BCUT2D eigenvalue weighted by molar-refractivity contribution is -0.136. The standard InChI is InChI=1S/C12H22N2O2S/c1-3-6-14(8-11(13)17)12(15)9-5-7-16-10(9)4-2/h9-10H,3-8H2,1-2H3,(H2,13,17). The van der Waals surface area contributed by atoms with E-state index < -0.39 is 0 Å². The molecule has 2 atom stereocenters. The summed E-state index contributed by atoms with van der Waals surface area (Å²) in [6.45, 7) is 5.87. The van der Waals surface area contributed by atoms with Crippen LogP contribution < -0.4 is 5.73 Å². The molecule has 2 N–H and O–H groups in total. The summed E-state index contributed by atoms with van der Waals surface area (Å²) in [5.74, 6) is 0.130. The molecule has 1 heterocycles. The third kappa shape index (κ3) is 3.92. The molecule has 0 saturated carbocycles. The molecule has 0 aromatic carbocycles. The van der Waals surface area contributed by atoms with E-state index in [1.165, 1.54) is 0 Å². The van der Waals surface area contributed by atoms with E-state index in [2.05, 4.69) is 0 Å². The Morgan fingerprint density at radius 2 is 2.24 bits per heavy atom. The van der Waals surface area contributed by atoms with E-state index in [-0.39, 0.29) is 17.9 Å². The van der Waals surface area contributed by atoms with E-state index in [0.717, 1.165) is 19.3 Å². The molecule has 17 heavy (non-hydrogen) atoms. The Kier molecular flexibility index (Phi) is 5.85. The van der Waals surface area contributed by atoms with E-state index in [9.17, 15) is 4.79 Å². The van der Waals surface area contributed by atoms with E-state index in [1.54, 1.807) is 4.90 Å². The van der Waals surface area contributed by atoms with Crippen molar-refractivity contribution in [2.24, 2.45) is 11.7 Å². The zero-order valence-electron chi connectivity index (χ0n) is 10.6. The van der Waals surface area contributed by atoms with Crippen molar-refractivity contribution in [1.29, 1.82) is 0 Å². The molecule has 1 aliphatic heterocycles. The van der Waals surface area contributed by atoms with Crippen LogP contribution in [-0.4, -0.2) is 41.6 Å². The smallest absolute Gasteiger partial charge is 0.228 e. The second-order valence-corrected chi connectivity index (χ2v) is 4.96. The second-order valence-electron chi connectivity index (χ2n) is 4.44. The Bertz CT molecular complexity index is 284. The highest BCUT2D eigenvalue weighted by Gasteiger charge is 2.35. The van der Waals surface area contributed by atoms with Gasteiger partial charge in [0.2, 0.25) is 5.91 Å². The molecule has 1 rings (SSSR count). The lowest BCUT2D eigenvalue weighted by Crippen LogP contribution is -2.43. The van der Waals surface area contributed by atoms with Gasteiger partial charge in [-0.05, 0) is 19.3 Å². The number of ether oxygens (including phenoxy) is 1. The molecule has 2 unspecified atom stereocenters. The fourth-order valence-corrected chi connectivity index (χ4v) is 2.45. The van der Waals surface area contributed by atoms with E-state index in [4.69, 9.17) is 22.7 Å². The fraction of sp³-hybridized carbons (Fsp3) is 0.833. The third-order valence-electron chi connectivity index (χ3n) is 3.08. The SMILES string of the molecule is CCCN(CC(N)=S)C(=O)C1CCOC1CC. The highest BCUT2D eigenvalue weighted by molar-refractivity contribution is 7.80. The van der Waals surface area contributed by atoms with E-state index >= 15 is 0 Å². The molecule has 1 amide bonds. The summed E-state index contributed by atoms with van der Waals surface area (Å²) >= 11 is 4.89. The maximum atomic E-state index is 12.4. The fourth-order valence-electron chi connectivity index (χ4n) is 2.29. The summed E-state index contributed by atoms with van der Waals surface area (Å²) in [5.41, 5.74) is 5.53.